The van der Waals surface area contributed by atoms with Gasteiger partial charge in [0.25, 0.3) is 0 Å². The number of nitriles is 1. The average molecular weight is 377 g/mol. The van der Waals surface area contributed by atoms with E-state index in [2.05, 4.69) is 0 Å². The second-order valence-corrected chi connectivity index (χ2v) is 6.82. The predicted molar refractivity (Wildman–Crippen MR) is 98.8 cm³/mol. The van der Waals surface area contributed by atoms with Crippen molar-refractivity contribution < 1.29 is 19.2 Å². The monoisotopic (exact) mass is 377 g/mol. The van der Waals surface area contributed by atoms with Gasteiger partial charge in [0, 0.05) is 6.54 Å². The zero-order valence-corrected chi connectivity index (χ0v) is 15.2. The summed E-state index contributed by atoms with van der Waals surface area (Å²) in [6, 6.07) is 17.0. The van der Waals surface area contributed by atoms with Crippen LogP contribution in [0.5, 0.6) is 5.75 Å². The highest BCUT2D eigenvalue weighted by Gasteiger charge is 2.48. The minimum absolute atomic E-state index is 0.0600. The Morgan fingerprint density at radius 3 is 2.57 bits per heavy atom. The standard InChI is InChI=1S/C21H19N3O4/c22-12-15-6-9-18(10-7-15)28-20(25)19-11-8-17-13-23(19)21(26)24(17)27-14-16-4-2-1-3-5-16/h1-7,9-10,17,19H,8,11,13-14H2/t17?,19-/m0/s1. The molecule has 142 valence electrons. The van der Waals surface area contributed by atoms with Crippen LogP contribution in [0.4, 0.5) is 4.79 Å². The highest BCUT2D eigenvalue weighted by molar-refractivity contribution is 5.86. The predicted octanol–water partition coefficient (Wildman–Crippen LogP) is 2.86. The molecule has 2 aromatic carbocycles. The number of rotatable bonds is 5. The first-order chi connectivity index (χ1) is 13.7. The van der Waals surface area contributed by atoms with Crippen molar-refractivity contribution in [3.05, 3.63) is 65.7 Å². The summed E-state index contributed by atoms with van der Waals surface area (Å²) in [7, 11) is 0. The summed E-state index contributed by atoms with van der Waals surface area (Å²) < 4.78 is 5.42. The molecule has 2 fully saturated rings. The average Bonchev–Trinajstić information content (AvgIpc) is 2.97. The summed E-state index contributed by atoms with van der Waals surface area (Å²) in [5, 5.41) is 10.2. The fraction of sp³-hybridized carbons (Fsp3) is 0.286. The van der Waals surface area contributed by atoms with Crippen LogP contribution in [0.3, 0.4) is 0 Å². The van der Waals surface area contributed by atoms with E-state index in [1.165, 1.54) is 9.96 Å². The Morgan fingerprint density at radius 2 is 1.86 bits per heavy atom. The van der Waals surface area contributed by atoms with E-state index >= 15 is 0 Å². The Bertz CT molecular complexity index is 907. The lowest BCUT2D eigenvalue weighted by molar-refractivity contribution is -0.141. The summed E-state index contributed by atoms with van der Waals surface area (Å²) >= 11 is 0. The number of urea groups is 1. The molecule has 7 heteroatoms. The SMILES string of the molecule is N#Cc1ccc(OC(=O)[C@@H]2CCC3CN2C(=O)N3OCc2ccccc2)cc1. The molecule has 0 saturated carbocycles. The van der Waals surface area contributed by atoms with Crippen molar-refractivity contribution in [2.24, 2.45) is 0 Å². The lowest BCUT2D eigenvalue weighted by Gasteiger charge is -2.28. The molecule has 2 bridgehead atoms. The fourth-order valence-corrected chi connectivity index (χ4v) is 3.54. The molecule has 2 saturated heterocycles. The lowest BCUT2D eigenvalue weighted by atomic mass is 10.0. The smallest absolute Gasteiger partial charge is 0.345 e. The minimum Gasteiger partial charge on any atom is -0.425 e. The van der Waals surface area contributed by atoms with E-state index in [0.29, 0.717) is 37.3 Å². The maximum absolute atomic E-state index is 12.7. The van der Waals surface area contributed by atoms with Gasteiger partial charge in [-0.2, -0.15) is 10.3 Å². The molecule has 2 atom stereocenters. The molecule has 2 aliphatic heterocycles. The van der Waals surface area contributed by atoms with Gasteiger partial charge in [0.1, 0.15) is 18.4 Å². The van der Waals surface area contributed by atoms with E-state index in [1.54, 1.807) is 24.3 Å². The summed E-state index contributed by atoms with van der Waals surface area (Å²) in [6.07, 6.45) is 1.20. The first kappa shape index (κ1) is 18.0. The van der Waals surface area contributed by atoms with Gasteiger partial charge >= 0.3 is 12.0 Å². The summed E-state index contributed by atoms with van der Waals surface area (Å²) in [6.45, 7) is 0.748. The number of benzene rings is 2. The van der Waals surface area contributed by atoms with Gasteiger partial charge in [-0.25, -0.2) is 9.59 Å². The Kier molecular flexibility index (Phi) is 4.96. The number of ether oxygens (including phenoxy) is 1. The normalized spacial score (nSPS) is 20.8. The third-order valence-electron chi connectivity index (χ3n) is 5.01. The maximum atomic E-state index is 12.7. The van der Waals surface area contributed by atoms with Gasteiger partial charge in [0.05, 0.1) is 17.7 Å². The molecular formula is C21H19N3O4. The number of carbonyl (C=O) groups is 2. The number of piperidine rings is 1. The Balaban J connectivity index is 1.39. The number of hydroxylamine groups is 2. The largest absolute Gasteiger partial charge is 0.425 e. The van der Waals surface area contributed by atoms with Gasteiger partial charge in [-0.05, 0) is 42.7 Å². The van der Waals surface area contributed by atoms with Crippen molar-refractivity contribution in [2.45, 2.75) is 31.5 Å². The van der Waals surface area contributed by atoms with E-state index < -0.39 is 12.0 Å². The molecule has 2 aliphatic rings. The van der Waals surface area contributed by atoms with Crippen LogP contribution < -0.4 is 4.74 Å². The molecule has 0 N–H and O–H groups in total. The second-order valence-electron chi connectivity index (χ2n) is 6.82. The third-order valence-corrected chi connectivity index (χ3v) is 5.01. The van der Waals surface area contributed by atoms with E-state index in [4.69, 9.17) is 14.8 Å². The van der Waals surface area contributed by atoms with Crippen LogP contribution in [0.2, 0.25) is 0 Å². The lowest BCUT2D eigenvalue weighted by Crippen LogP contribution is -2.46. The number of fused-ring (bicyclic) bond motifs is 2. The molecule has 0 radical (unpaired) electrons. The number of esters is 1. The Morgan fingerprint density at radius 1 is 1.11 bits per heavy atom. The summed E-state index contributed by atoms with van der Waals surface area (Å²) in [5.74, 6) is -0.114. The molecule has 0 spiro atoms. The van der Waals surface area contributed by atoms with E-state index in [0.717, 1.165) is 5.56 Å². The van der Waals surface area contributed by atoms with Crippen molar-refractivity contribution >= 4 is 12.0 Å². The van der Waals surface area contributed by atoms with Crippen molar-refractivity contribution in [1.82, 2.24) is 9.96 Å². The molecule has 0 aliphatic carbocycles. The van der Waals surface area contributed by atoms with Crippen LogP contribution in [0.1, 0.15) is 24.0 Å². The van der Waals surface area contributed by atoms with Gasteiger partial charge < -0.3 is 9.64 Å². The quantitative estimate of drug-likeness (QED) is 0.591. The van der Waals surface area contributed by atoms with Crippen LogP contribution in [0, 0.1) is 11.3 Å². The van der Waals surface area contributed by atoms with Crippen molar-refractivity contribution in [3.8, 4) is 11.8 Å². The Labute approximate surface area is 162 Å². The third kappa shape index (κ3) is 3.55. The van der Waals surface area contributed by atoms with Crippen LogP contribution in [-0.4, -0.2) is 40.6 Å². The van der Waals surface area contributed by atoms with E-state index in [-0.39, 0.29) is 12.1 Å². The van der Waals surface area contributed by atoms with Gasteiger partial charge in [-0.3, -0.25) is 4.84 Å². The molecule has 2 aromatic rings. The molecule has 2 amide bonds. The molecule has 0 aromatic heterocycles. The first-order valence-electron chi connectivity index (χ1n) is 9.14. The second kappa shape index (κ2) is 7.71. The summed E-state index contributed by atoms with van der Waals surface area (Å²) in [4.78, 5) is 32.6. The van der Waals surface area contributed by atoms with Gasteiger partial charge in [-0.15, -0.1) is 0 Å². The Hall–Kier alpha value is -3.37. The van der Waals surface area contributed by atoms with Gasteiger partial charge in [-0.1, -0.05) is 30.3 Å². The maximum Gasteiger partial charge on any atom is 0.345 e. The fourth-order valence-electron chi connectivity index (χ4n) is 3.54. The highest BCUT2D eigenvalue weighted by Crippen LogP contribution is 2.31. The van der Waals surface area contributed by atoms with Crippen LogP contribution in [0.25, 0.3) is 0 Å². The first-order valence-corrected chi connectivity index (χ1v) is 9.14. The van der Waals surface area contributed by atoms with Gasteiger partial charge in [0.2, 0.25) is 0 Å². The summed E-state index contributed by atoms with van der Waals surface area (Å²) in [5.41, 5.74) is 1.46. The van der Waals surface area contributed by atoms with Crippen molar-refractivity contribution in [3.63, 3.8) is 0 Å². The number of amides is 2. The molecular weight excluding hydrogens is 358 g/mol. The number of hydrogen-bond donors (Lipinski definition) is 0. The van der Waals surface area contributed by atoms with E-state index in [1.807, 2.05) is 36.4 Å². The molecule has 7 nitrogen and oxygen atoms in total. The molecule has 2 heterocycles. The molecule has 4 rings (SSSR count). The minimum atomic E-state index is -0.635. The van der Waals surface area contributed by atoms with E-state index in [9.17, 15) is 9.59 Å². The molecule has 1 unspecified atom stereocenters. The van der Waals surface area contributed by atoms with Crippen LogP contribution in [0.15, 0.2) is 54.6 Å². The van der Waals surface area contributed by atoms with Crippen LogP contribution >= 0.6 is 0 Å². The van der Waals surface area contributed by atoms with Crippen molar-refractivity contribution in [1.29, 1.82) is 5.26 Å². The van der Waals surface area contributed by atoms with Crippen LogP contribution in [-0.2, 0) is 16.2 Å². The zero-order chi connectivity index (χ0) is 19.5. The van der Waals surface area contributed by atoms with Gasteiger partial charge in [0.15, 0.2) is 0 Å². The topological polar surface area (TPSA) is 82.9 Å². The molecule has 28 heavy (non-hydrogen) atoms. The number of hydrogen-bond acceptors (Lipinski definition) is 5. The number of carbonyl (C=O) groups excluding carboxylic acids is 2. The van der Waals surface area contributed by atoms with Crippen molar-refractivity contribution in [2.75, 3.05) is 6.54 Å². The highest BCUT2D eigenvalue weighted by atomic mass is 16.7. The number of nitrogens with zero attached hydrogens (tertiary/aromatic N) is 3. The zero-order valence-electron chi connectivity index (χ0n) is 15.2.